The minimum absolute atomic E-state index is 0.409. The van der Waals surface area contributed by atoms with Gasteiger partial charge in [0.1, 0.15) is 0 Å². The molecule has 1 amide bonds. The van der Waals surface area contributed by atoms with Gasteiger partial charge in [0.15, 0.2) is 0 Å². The quantitative estimate of drug-likeness (QED) is 0.680. The molecule has 1 aliphatic rings. The number of hydrogen-bond donors (Lipinski definition) is 2. The molecule has 1 heterocycles. The molecule has 0 saturated heterocycles. The van der Waals surface area contributed by atoms with E-state index in [9.17, 15) is 4.79 Å². The van der Waals surface area contributed by atoms with Crippen molar-refractivity contribution < 1.29 is 4.79 Å². The van der Waals surface area contributed by atoms with E-state index in [1.165, 1.54) is 27.7 Å². The molecule has 3 aromatic rings. The maximum absolute atomic E-state index is 11.8. The third kappa shape index (κ3) is 2.91. The second kappa shape index (κ2) is 6.95. The van der Waals surface area contributed by atoms with Gasteiger partial charge in [-0.3, -0.25) is 4.79 Å². The van der Waals surface area contributed by atoms with Crippen LogP contribution >= 0.6 is 0 Å². The van der Waals surface area contributed by atoms with Crippen molar-refractivity contribution in [3.05, 3.63) is 65.9 Å². The van der Waals surface area contributed by atoms with Crippen LogP contribution in [0, 0.1) is 0 Å². The van der Waals surface area contributed by atoms with E-state index in [0.717, 1.165) is 43.6 Å². The summed E-state index contributed by atoms with van der Waals surface area (Å²) < 4.78 is 2.32. The van der Waals surface area contributed by atoms with Crippen LogP contribution in [-0.4, -0.2) is 17.0 Å². The maximum atomic E-state index is 11.8. The highest BCUT2D eigenvalue weighted by molar-refractivity contribution is 6.00. The Hall–Kier alpha value is -3.01. The lowest BCUT2D eigenvalue weighted by Gasteiger charge is -2.19. The van der Waals surface area contributed by atoms with Crippen molar-refractivity contribution in [3.63, 3.8) is 0 Å². The average molecular weight is 359 g/mol. The van der Waals surface area contributed by atoms with Gasteiger partial charge in [0, 0.05) is 34.6 Å². The fourth-order valence-electron chi connectivity index (χ4n) is 4.11. The molecule has 0 fully saturated rings. The van der Waals surface area contributed by atoms with Gasteiger partial charge < -0.3 is 15.6 Å². The van der Waals surface area contributed by atoms with Crippen LogP contribution in [0.5, 0.6) is 0 Å². The number of hydrogen-bond acceptors (Lipinski definition) is 2. The Morgan fingerprint density at radius 1 is 1.22 bits per heavy atom. The number of fused-ring (bicyclic) bond motifs is 3. The lowest BCUT2D eigenvalue weighted by molar-refractivity contribution is 0.100. The van der Waals surface area contributed by atoms with Crippen molar-refractivity contribution in [2.45, 2.75) is 32.6 Å². The Bertz CT molecular complexity index is 1050. The van der Waals surface area contributed by atoms with Gasteiger partial charge in [-0.15, -0.1) is 0 Å². The van der Waals surface area contributed by atoms with Crippen molar-refractivity contribution in [1.29, 1.82) is 0 Å². The molecule has 0 atom stereocenters. The number of amides is 1. The molecule has 4 rings (SSSR count). The summed E-state index contributed by atoms with van der Waals surface area (Å²) in [7, 11) is 0. The summed E-state index contributed by atoms with van der Waals surface area (Å²) in [5.74, 6) is -0.409. The van der Waals surface area contributed by atoms with Gasteiger partial charge in [0.2, 0.25) is 0 Å². The topological polar surface area (TPSA) is 60.0 Å². The first-order valence-corrected chi connectivity index (χ1v) is 9.60. The molecule has 138 valence electrons. The normalized spacial score (nSPS) is 13.6. The SMILES string of the molecule is C=C1CCCc2c1c1ccccc1n2-c1ccc(C(N)=O)c(NCCC)c1. The van der Waals surface area contributed by atoms with Crippen molar-refractivity contribution in [2.24, 2.45) is 5.73 Å². The summed E-state index contributed by atoms with van der Waals surface area (Å²) >= 11 is 0. The summed E-state index contributed by atoms with van der Waals surface area (Å²) in [6.07, 6.45) is 4.16. The minimum Gasteiger partial charge on any atom is -0.384 e. The molecule has 1 aliphatic carbocycles. The van der Waals surface area contributed by atoms with Crippen LogP contribution in [-0.2, 0) is 6.42 Å². The van der Waals surface area contributed by atoms with Crippen LogP contribution in [0.15, 0.2) is 49.0 Å². The Morgan fingerprint density at radius 2 is 2.04 bits per heavy atom. The van der Waals surface area contributed by atoms with E-state index in [-0.39, 0.29) is 0 Å². The number of aromatic nitrogens is 1. The van der Waals surface area contributed by atoms with E-state index >= 15 is 0 Å². The predicted molar refractivity (Wildman–Crippen MR) is 113 cm³/mol. The summed E-state index contributed by atoms with van der Waals surface area (Å²) in [6, 6.07) is 14.3. The van der Waals surface area contributed by atoms with E-state index in [1.54, 1.807) is 0 Å². The molecule has 1 aromatic heterocycles. The number of carbonyl (C=O) groups excluding carboxylic acids is 1. The van der Waals surface area contributed by atoms with Gasteiger partial charge in [-0.2, -0.15) is 0 Å². The largest absolute Gasteiger partial charge is 0.384 e. The molecule has 0 bridgehead atoms. The number of nitrogens with two attached hydrogens (primary N) is 1. The van der Waals surface area contributed by atoms with Gasteiger partial charge in [0.05, 0.1) is 11.1 Å². The Kier molecular flexibility index (Phi) is 4.48. The second-order valence-electron chi connectivity index (χ2n) is 7.15. The molecular weight excluding hydrogens is 334 g/mol. The molecule has 0 radical (unpaired) electrons. The van der Waals surface area contributed by atoms with E-state index < -0.39 is 5.91 Å². The van der Waals surface area contributed by atoms with Crippen LogP contribution in [0.2, 0.25) is 0 Å². The number of nitrogens with zero attached hydrogens (tertiary/aromatic N) is 1. The molecule has 4 nitrogen and oxygen atoms in total. The standard InChI is InChI=1S/C23H25N3O/c1-3-13-25-19-14-16(11-12-17(19)23(24)27)26-20-9-5-4-8-18(20)22-15(2)7-6-10-21(22)26/h4-5,8-9,11-12,14,25H,2-3,6-7,10,13H2,1H3,(H2,24,27). The van der Waals surface area contributed by atoms with Crippen LogP contribution < -0.4 is 11.1 Å². The van der Waals surface area contributed by atoms with E-state index in [0.29, 0.717) is 5.56 Å². The molecule has 2 aromatic carbocycles. The van der Waals surface area contributed by atoms with Gasteiger partial charge >= 0.3 is 0 Å². The first-order valence-electron chi connectivity index (χ1n) is 9.60. The van der Waals surface area contributed by atoms with Crippen LogP contribution in [0.3, 0.4) is 0 Å². The summed E-state index contributed by atoms with van der Waals surface area (Å²) in [5, 5.41) is 4.60. The monoisotopic (exact) mass is 359 g/mol. The number of primary amides is 1. The Morgan fingerprint density at radius 3 is 2.81 bits per heavy atom. The predicted octanol–water partition coefficient (Wildman–Crippen LogP) is 4.90. The van der Waals surface area contributed by atoms with Crippen molar-refractivity contribution in [3.8, 4) is 5.69 Å². The summed E-state index contributed by atoms with van der Waals surface area (Å²) in [6.45, 7) is 7.22. The number of para-hydroxylation sites is 1. The third-order valence-electron chi connectivity index (χ3n) is 5.31. The number of benzene rings is 2. The lowest BCUT2D eigenvalue weighted by Crippen LogP contribution is -2.15. The Labute approximate surface area is 159 Å². The van der Waals surface area contributed by atoms with Crippen molar-refractivity contribution in [2.75, 3.05) is 11.9 Å². The maximum Gasteiger partial charge on any atom is 0.250 e. The first kappa shape index (κ1) is 17.4. The smallest absolute Gasteiger partial charge is 0.250 e. The zero-order valence-electron chi connectivity index (χ0n) is 15.7. The minimum atomic E-state index is -0.409. The number of allylic oxidation sites excluding steroid dienone is 1. The molecule has 0 unspecified atom stereocenters. The van der Waals surface area contributed by atoms with Gasteiger partial charge in [-0.25, -0.2) is 0 Å². The van der Waals surface area contributed by atoms with Crippen molar-refractivity contribution >= 4 is 28.1 Å². The van der Waals surface area contributed by atoms with E-state index in [2.05, 4.69) is 47.7 Å². The molecule has 27 heavy (non-hydrogen) atoms. The third-order valence-corrected chi connectivity index (χ3v) is 5.31. The molecule has 0 aliphatic heterocycles. The molecule has 3 N–H and O–H groups in total. The number of anilines is 1. The zero-order valence-corrected chi connectivity index (χ0v) is 15.7. The van der Waals surface area contributed by atoms with Crippen LogP contribution in [0.25, 0.3) is 22.2 Å². The molecule has 0 saturated carbocycles. The number of carbonyl (C=O) groups is 1. The number of nitrogens with one attached hydrogen (secondary N) is 1. The van der Waals surface area contributed by atoms with Crippen LogP contribution in [0.4, 0.5) is 5.69 Å². The Balaban J connectivity index is 1.95. The number of rotatable bonds is 5. The summed E-state index contributed by atoms with van der Waals surface area (Å²) in [5.41, 5.74) is 12.9. The zero-order chi connectivity index (χ0) is 19.0. The molecule has 0 spiro atoms. The fraction of sp³-hybridized carbons (Fsp3) is 0.261. The van der Waals surface area contributed by atoms with E-state index in [4.69, 9.17) is 5.73 Å². The fourth-order valence-corrected chi connectivity index (χ4v) is 4.11. The summed E-state index contributed by atoms with van der Waals surface area (Å²) in [4.78, 5) is 11.8. The highest BCUT2D eigenvalue weighted by atomic mass is 16.1. The molecular formula is C23H25N3O. The van der Waals surface area contributed by atoms with E-state index in [1.807, 2.05) is 18.2 Å². The van der Waals surface area contributed by atoms with Crippen LogP contribution in [0.1, 0.15) is 47.8 Å². The van der Waals surface area contributed by atoms with Gasteiger partial charge in [-0.1, -0.05) is 31.7 Å². The lowest BCUT2D eigenvalue weighted by atomic mass is 9.91. The highest BCUT2D eigenvalue weighted by Gasteiger charge is 2.23. The van der Waals surface area contributed by atoms with Gasteiger partial charge in [0.25, 0.3) is 5.91 Å². The second-order valence-corrected chi connectivity index (χ2v) is 7.15. The average Bonchev–Trinajstić information content (AvgIpc) is 3.01. The van der Waals surface area contributed by atoms with Crippen molar-refractivity contribution in [1.82, 2.24) is 4.57 Å². The molecule has 4 heteroatoms. The first-order chi connectivity index (χ1) is 13.1. The van der Waals surface area contributed by atoms with Gasteiger partial charge in [-0.05, 0) is 55.5 Å². The highest BCUT2D eigenvalue weighted by Crippen LogP contribution is 2.39.